The molecular formula is C16H18BrNO4S. The summed E-state index contributed by atoms with van der Waals surface area (Å²) in [6.07, 6.45) is 0. The molecule has 0 aliphatic rings. The molecule has 0 saturated carbocycles. The first-order chi connectivity index (χ1) is 10.9. The van der Waals surface area contributed by atoms with Gasteiger partial charge >= 0.3 is 0 Å². The highest BCUT2D eigenvalue weighted by atomic mass is 79.9. The third kappa shape index (κ3) is 3.85. The molecule has 2 aromatic carbocycles. The Morgan fingerprint density at radius 1 is 1.04 bits per heavy atom. The predicted molar refractivity (Wildman–Crippen MR) is 92.3 cm³/mol. The molecule has 5 nitrogen and oxygen atoms in total. The van der Waals surface area contributed by atoms with E-state index in [-0.39, 0.29) is 11.4 Å². The maximum absolute atomic E-state index is 12.7. The average Bonchev–Trinajstić information content (AvgIpc) is 2.54. The third-order valence-corrected chi connectivity index (χ3v) is 6.19. The number of hydrogen-bond acceptors (Lipinski definition) is 4. The van der Waals surface area contributed by atoms with Crippen molar-refractivity contribution in [3.05, 3.63) is 52.5 Å². The average molecular weight is 400 g/mol. The number of nitrogens with zero attached hydrogens (tertiary/aromatic N) is 1. The molecule has 0 radical (unpaired) electrons. The molecule has 0 N–H and O–H groups in total. The molecule has 0 aliphatic heterocycles. The number of ether oxygens (including phenoxy) is 2. The molecule has 0 saturated heterocycles. The zero-order valence-corrected chi connectivity index (χ0v) is 15.5. The van der Waals surface area contributed by atoms with Crippen LogP contribution < -0.4 is 9.47 Å². The van der Waals surface area contributed by atoms with Crippen molar-refractivity contribution >= 4 is 26.0 Å². The van der Waals surface area contributed by atoms with Gasteiger partial charge in [-0.05, 0) is 45.8 Å². The summed E-state index contributed by atoms with van der Waals surface area (Å²) >= 11 is 3.29. The van der Waals surface area contributed by atoms with Gasteiger partial charge in [-0.25, -0.2) is 8.42 Å². The molecule has 2 aromatic rings. The van der Waals surface area contributed by atoms with Crippen LogP contribution in [0, 0.1) is 0 Å². The first kappa shape index (κ1) is 17.8. The molecule has 0 heterocycles. The molecule has 0 atom stereocenters. The van der Waals surface area contributed by atoms with Crippen molar-refractivity contribution in [2.24, 2.45) is 0 Å². The lowest BCUT2D eigenvalue weighted by molar-refractivity contribution is 0.354. The fourth-order valence-electron chi connectivity index (χ4n) is 2.14. The standard InChI is InChI=1S/C16H18BrNO4S/c1-18(23(19,20)16-7-5-4-6-13(16)17)11-12-8-9-14(21-2)15(10-12)22-3/h4-10H,11H2,1-3H3. The largest absolute Gasteiger partial charge is 0.493 e. The molecule has 23 heavy (non-hydrogen) atoms. The van der Waals surface area contributed by atoms with E-state index in [9.17, 15) is 8.42 Å². The van der Waals surface area contributed by atoms with Crippen LogP contribution in [0.1, 0.15) is 5.56 Å². The van der Waals surface area contributed by atoms with Gasteiger partial charge in [0.25, 0.3) is 0 Å². The second-order valence-electron chi connectivity index (χ2n) is 4.88. The van der Waals surface area contributed by atoms with Crippen LogP contribution in [-0.4, -0.2) is 34.0 Å². The van der Waals surface area contributed by atoms with Crippen LogP contribution in [0.4, 0.5) is 0 Å². The first-order valence-electron chi connectivity index (χ1n) is 6.82. The van der Waals surface area contributed by atoms with E-state index in [4.69, 9.17) is 9.47 Å². The van der Waals surface area contributed by atoms with Crippen LogP contribution in [0.2, 0.25) is 0 Å². The van der Waals surface area contributed by atoms with E-state index in [2.05, 4.69) is 15.9 Å². The lowest BCUT2D eigenvalue weighted by Gasteiger charge is -2.19. The van der Waals surface area contributed by atoms with E-state index in [0.717, 1.165) is 5.56 Å². The Morgan fingerprint density at radius 2 is 1.70 bits per heavy atom. The number of benzene rings is 2. The van der Waals surface area contributed by atoms with E-state index < -0.39 is 10.0 Å². The molecule has 2 rings (SSSR count). The fourth-order valence-corrected chi connectivity index (χ4v) is 4.26. The summed E-state index contributed by atoms with van der Waals surface area (Å²) in [6.45, 7) is 0.226. The van der Waals surface area contributed by atoms with Crippen molar-refractivity contribution in [1.82, 2.24) is 4.31 Å². The number of methoxy groups -OCH3 is 2. The molecule has 0 unspecified atom stereocenters. The number of halogens is 1. The molecule has 0 spiro atoms. The first-order valence-corrected chi connectivity index (χ1v) is 9.05. The van der Waals surface area contributed by atoms with E-state index in [0.29, 0.717) is 16.0 Å². The Kier molecular flexibility index (Phi) is 5.67. The summed E-state index contributed by atoms with van der Waals surface area (Å²) in [6, 6.07) is 12.1. The van der Waals surface area contributed by atoms with E-state index in [1.54, 1.807) is 57.7 Å². The van der Waals surface area contributed by atoms with Gasteiger partial charge in [0.15, 0.2) is 11.5 Å². The van der Waals surface area contributed by atoms with Crippen molar-refractivity contribution in [3.8, 4) is 11.5 Å². The second kappa shape index (κ2) is 7.33. The summed E-state index contributed by atoms with van der Waals surface area (Å²) < 4.78 is 37.6. The van der Waals surface area contributed by atoms with Crippen molar-refractivity contribution in [2.45, 2.75) is 11.4 Å². The molecule has 0 fully saturated rings. The topological polar surface area (TPSA) is 55.8 Å². The summed E-state index contributed by atoms with van der Waals surface area (Å²) in [7, 11) is 1.06. The molecule has 7 heteroatoms. The van der Waals surface area contributed by atoms with Crippen LogP contribution in [0.15, 0.2) is 51.8 Å². The Balaban J connectivity index is 2.28. The summed E-state index contributed by atoms with van der Waals surface area (Å²) in [5, 5.41) is 0. The zero-order chi connectivity index (χ0) is 17.0. The molecule has 0 bridgehead atoms. The van der Waals surface area contributed by atoms with Crippen LogP contribution in [0.5, 0.6) is 11.5 Å². The van der Waals surface area contributed by atoms with Crippen LogP contribution in [0.25, 0.3) is 0 Å². The number of sulfonamides is 1. The third-order valence-electron chi connectivity index (χ3n) is 3.38. The molecular weight excluding hydrogens is 382 g/mol. The van der Waals surface area contributed by atoms with E-state index in [1.165, 1.54) is 4.31 Å². The molecule has 124 valence electrons. The number of rotatable bonds is 6. The van der Waals surface area contributed by atoms with Crippen LogP contribution >= 0.6 is 15.9 Å². The summed E-state index contributed by atoms with van der Waals surface area (Å²) in [5.41, 5.74) is 0.806. The minimum absolute atomic E-state index is 0.226. The normalized spacial score (nSPS) is 11.5. The molecule has 0 aromatic heterocycles. The maximum atomic E-state index is 12.7. The number of hydrogen-bond donors (Lipinski definition) is 0. The molecule has 0 aliphatic carbocycles. The predicted octanol–water partition coefficient (Wildman–Crippen LogP) is 3.29. The van der Waals surface area contributed by atoms with Gasteiger partial charge in [-0.3, -0.25) is 0 Å². The van der Waals surface area contributed by atoms with Crippen molar-refractivity contribution in [1.29, 1.82) is 0 Å². The van der Waals surface area contributed by atoms with Gasteiger partial charge in [0, 0.05) is 18.1 Å². The lowest BCUT2D eigenvalue weighted by Crippen LogP contribution is -2.26. The zero-order valence-electron chi connectivity index (χ0n) is 13.1. The maximum Gasteiger partial charge on any atom is 0.244 e. The Labute approximate surface area is 145 Å². The Bertz CT molecular complexity index is 792. The van der Waals surface area contributed by atoms with Crippen LogP contribution in [-0.2, 0) is 16.6 Å². The monoisotopic (exact) mass is 399 g/mol. The van der Waals surface area contributed by atoms with Gasteiger partial charge in [-0.15, -0.1) is 0 Å². The van der Waals surface area contributed by atoms with Crippen molar-refractivity contribution in [3.63, 3.8) is 0 Å². The highest BCUT2D eigenvalue weighted by molar-refractivity contribution is 9.10. The SMILES string of the molecule is COc1ccc(CN(C)S(=O)(=O)c2ccccc2Br)cc1OC. The van der Waals surface area contributed by atoms with Crippen LogP contribution in [0.3, 0.4) is 0 Å². The van der Waals surface area contributed by atoms with Gasteiger partial charge in [-0.1, -0.05) is 18.2 Å². The Morgan fingerprint density at radius 3 is 2.30 bits per heavy atom. The molecule has 0 amide bonds. The minimum atomic E-state index is -3.59. The lowest BCUT2D eigenvalue weighted by atomic mass is 10.2. The van der Waals surface area contributed by atoms with Crippen molar-refractivity contribution < 1.29 is 17.9 Å². The highest BCUT2D eigenvalue weighted by Crippen LogP contribution is 2.29. The second-order valence-corrected chi connectivity index (χ2v) is 7.75. The summed E-state index contributed by atoms with van der Waals surface area (Å²) in [5.74, 6) is 1.17. The van der Waals surface area contributed by atoms with E-state index in [1.807, 2.05) is 6.07 Å². The smallest absolute Gasteiger partial charge is 0.244 e. The van der Waals surface area contributed by atoms with Gasteiger partial charge < -0.3 is 9.47 Å². The van der Waals surface area contributed by atoms with Gasteiger partial charge in [-0.2, -0.15) is 4.31 Å². The highest BCUT2D eigenvalue weighted by Gasteiger charge is 2.23. The minimum Gasteiger partial charge on any atom is -0.493 e. The van der Waals surface area contributed by atoms with Gasteiger partial charge in [0.1, 0.15) is 0 Å². The Hall–Kier alpha value is -1.57. The summed E-state index contributed by atoms with van der Waals surface area (Å²) in [4.78, 5) is 0.239. The van der Waals surface area contributed by atoms with Gasteiger partial charge in [0.05, 0.1) is 19.1 Å². The van der Waals surface area contributed by atoms with Gasteiger partial charge in [0.2, 0.25) is 10.0 Å². The van der Waals surface area contributed by atoms with Crippen molar-refractivity contribution in [2.75, 3.05) is 21.3 Å². The van der Waals surface area contributed by atoms with E-state index >= 15 is 0 Å². The quantitative estimate of drug-likeness (QED) is 0.747. The fraction of sp³-hybridized carbons (Fsp3) is 0.250.